The van der Waals surface area contributed by atoms with Crippen molar-refractivity contribution in [3.05, 3.63) is 29.8 Å². The first kappa shape index (κ1) is 18.3. The van der Waals surface area contributed by atoms with Crippen LogP contribution in [0.1, 0.15) is 51.5 Å². The van der Waals surface area contributed by atoms with Crippen molar-refractivity contribution in [2.45, 2.75) is 58.1 Å². The fourth-order valence-corrected chi connectivity index (χ4v) is 2.91. The molecule has 1 aromatic rings. The summed E-state index contributed by atoms with van der Waals surface area (Å²) in [5, 5.41) is 3.92. The Bertz CT molecular complexity index is 551. The molecule has 1 aliphatic carbocycles. The number of rotatable bonds is 7. The molecule has 1 aliphatic rings. The van der Waals surface area contributed by atoms with E-state index in [1.807, 2.05) is 50.1 Å². The van der Waals surface area contributed by atoms with Crippen molar-refractivity contribution in [1.82, 2.24) is 4.90 Å². The van der Waals surface area contributed by atoms with Crippen molar-refractivity contribution in [2.75, 3.05) is 13.7 Å². The lowest BCUT2D eigenvalue weighted by Gasteiger charge is -2.30. The normalized spacial score (nSPS) is 15.7. The number of para-hydroxylation sites is 1. The fraction of sp³-hybridized carbons (Fsp3) is 0.579. The summed E-state index contributed by atoms with van der Waals surface area (Å²) in [7, 11) is 1.86. The van der Waals surface area contributed by atoms with Gasteiger partial charge in [-0.1, -0.05) is 36.6 Å². The monoisotopic (exact) mass is 332 g/mol. The van der Waals surface area contributed by atoms with Gasteiger partial charge in [0.1, 0.15) is 5.75 Å². The molecular weight excluding hydrogens is 304 g/mol. The van der Waals surface area contributed by atoms with Crippen molar-refractivity contribution in [3.63, 3.8) is 0 Å². The van der Waals surface area contributed by atoms with Gasteiger partial charge < -0.3 is 14.5 Å². The Hall–Kier alpha value is -2.04. The molecule has 1 fully saturated rings. The molecule has 1 amide bonds. The van der Waals surface area contributed by atoms with Crippen LogP contribution in [0.25, 0.3) is 0 Å². The Morgan fingerprint density at radius 2 is 2.00 bits per heavy atom. The van der Waals surface area contributed by atoms with Crippen LogP contribution in [0, 0.1) is 0 Å². The summed E-state index contributed by atoms with van der Waals surface area (Å²) < 4.78 is 5.72. The van der Waals surface area contributed by atoms with E-state index in [0.717, 1.165) is 24.2 Å². The van der Waals surface area contributed by atoms with Gasteiger partial charge in [0.25, 0.3) is 5.91 Å². The van der Waals surface area contributed by atoms with E-state index in [0.29, 0.717) is 6.04 Å². The highest BCUT2D eigenvalue weighted by Gasteiger charge is 2.22. The predicted molar refractivity (Wildman–Crippen MR) is 95.4 cm³/mol. The minimum Gasteiger partial charge on any atom is -0.490 e. The second-order valence-electron chi connectivity index (χ2n) is 6.51. The summed E-state index contributed by atoms with van der Waals surface area (Å²) in [5.41, 5.74) is 0.833. The zero-order valence-electron chi connectivity index (χ0n) is 14.9. The average molecular weight is 332 g/mol. The van der Waals surface area contributed by atoms with Crippen LogP contribution in [0.5, 0.6) is 5.75 Å². The first-order valence-corrected chi connectivity index (χ1v) is 8.74. The van der Waals surface area contributed by atoms with E-state index < -0.39 is 0 Å². The number of amides is 1. The van der Waals surface area contributed by atoms with Crippen LogP contribution in [-0.2, 0) is 9.63 Å². The summed E-state index contributed by atoms with van der Waals surface area (Å²) in [6.45, 7) is 3.92. The molecule has 0 N–H and O–H groups in total. The van der Waals surface area contributed by atoms with Crippen LogP contribution in [0.3, 0.4) is 0 Å². The molecule has 0 spiro atoms. The zero-order valence-corrected chi connectivity index (χ0v) is 14.9. The molecule has 132 valence electrons. The van der Waals surface area contributed by atoms with E-state index >= 15 is 0 Å². The molecule has 0 radical (unpaired) electrons. The Balaban J connectivity index is 1.82. The molecule has 5 nitrogen and oxygen atoms in total. The Kier molecular flexibility index (Phi) is 7.09. The van der Waals surface area contributed by atoms with Gasteiger partial charge in [-0.15, -0.1) is 0 Å². The topological polar surface area (TPSA) is 51.1 Å². The minimum absolute atomic E-state index is 0.0224. The summed E-state index contributed by atoms with van der Waals surface area (Å²) >= 11 is 0. The maximum Gasteiger partial charge on any atom is 0.263 e. The standard InChI is InChI=1S/C19H28N2O3/c1-15(2)24-18-12-8-7-9-16(18)13-20-23-14-19(22)21(3)17-10-5-4-6-11-17/h7-9,12-13,15,17H,4-6,10-11,14H2,1-3H3/b20-13+. The van der Waals surface area contributed by atoms with Gasteiger partial charge in [-0.05, 0) is 38.8 Å². The molecule has 5 heteroatoms. The molecule has 0 saturated heterocycles. The third-order valence-electron chi connectivity index (χ3n) is 4.25. The van der Waals surface area contributed by atoms with E-state index in [2.05, 4.69) is 5.16 Å². The molecule has 0 unspecified atom stereocenters. The Morgan fingerprint density at radius 3 is 2.71 bits per heavy atom. The van der Waals surface area contributed by atoms with Crippen molar-refractivity contribution in [2.24, 2.45) is 5.16 Å². The third kappa shape index (κ3) is 5.55. The second kappa shape index (κ2) is 9.30. The number of likely N-dealkylation sites (N-methyl/N-ethyl adjacent to an activating group) is 1. The molecular formula is C19H28N2O3. The van der Waals surface area contributed by atoms with Crippen LogP contribution in [0.2, 0.25) is 0 Å². The molecule has 0 aliphatic heterocycles. The summed E-state index contributed by atoms with van der Waals surface area (Å²) in [4.78, 5) is 19.2. The Morgan fingerprint density at radius 1 is 1.29 bits per heavy atom. The number of oxime groups is 1. The summed E-state index contributed by atoms with van der Waals surface area (Å²) in [6.07, 6.45) is 7.53. The lowest BCUT2D eigenvalue weighted by atomic mass is 9.94. The average Bonchev–Trinajstić information content (AvgIpc) is 2.59. The highest BCUT2D eigenvalue weighted by Crippen LogP contribution is 2.21. The van der Waals surface area contributed by atoms with Gasteiger partial charge >= 0.3 is 0 Å². The van der Waals surface area contributed by atoms with Crippen LogP contribution in [0.4, 0.5) is 0 Å². The van der Waals surface area contributed by atoms with Crippen LogP contribution >= 0.6 is 0 Å². The lowest BCUT2D eigenvalue weighted by Crippen LogP contribution is -2.40. The predicted octanol–water partition coefficient (Wildman–Crippen LogP) is 3.62. The van der Waals surface area contributed by atoms with E-state index in [1.165, 1.54) is 19.3 Å². The first-order chi connectivity index (χ1) is 11.6. The number of carbonyl (C=O) groups is 1. The largest absolute Gasteiger partial charge is 0.490 e. The molecule has 1 saturated carbocycles. The first-order valence-electron chi connectivity index (χ1n) is 8.74. The number of nitrogens with zero attached hydrogens (tertiary/aromatic N) is 2. The van der Waals surface area contributed by atoms with Crippen LogP contribution < -0.4 is 4.74 Å². The highest BCUT2D eigenvalue weighted by molar-refractivity contribution is 5.83. The number of hydrogen-bond donors (Lipinski definition) is 0. The second-order valence-corrected chi connectivity index (χ2v) is 6.51. The van der Waals surface area contributed by atoms with E-state index in [4.69, 9.17) is 9.57 Å². The van der Waals surface area contributed by atoms with Gasteiger partial charge in [-0.3, -0.25) is 4.79 Å². The number of hydrogen-bond acceptors (Lipinski definition) is 4. The van der Waals surface area contributed by atoms with Crippen molar-refractivity contribution >= 4 is 12.1 Å². The van der Waals surface area contributed by atoms with E-state index in [1.54, 1.807) is 6.21 Å². The third-order valence-corrected chi connectivity index (χ3v) is 4.25. The molecule has 0 atom stereocenters. The molecule has 2 rings (SSSR count). The van der Waals surface area contributed by atoms with Crippen molar-refractivity contribution < 1.29 is 14.4 Å². The van der Waals surface area contributed by atoms with E-state index in [9.17, 15) is 4.79 Å². The van der Waals surface area contributed by atoms with Gasteiger partial charge in [0.2, 0.25) is 0 Å². The number of benzene rings is 1. The number of carbonyl (C=O) groups excluding carboxylic acids is 1. The van der Waals surface area contributed by atoms with Crippen LogP contribution in [0.15, 0.2) is 29.4 Å². The summed E-state index contributed by atoms with van der Waals surface area (Å²) in [6, 6.07) is 7.97. The van der Waals surface area contributed by atoms with Gasteiger partial charge in [-0.25, -0.2) is 0 Å². The van der Waals surface area contributed by atoms with Crippen LogP contribution in [-0.4, -0.2) is 42.8 Å². The van der Waals surface area contributed by atoms with Crippen molar-refractivity contribution in [3.8, 4) is 5.75 Å². The van der Waals surface area contributed by atoms with Gasteiger partial charge in [0.05, 0.1) is 12.3 Å². The maximum atomic E-state index is 12.2. The van der Waals surface area contributed by atoms with Gasteiger partial charge in [0, 0.05) is 18.7 Å². The molecule has 0 aromatic heterocycles. The quantitative estimate of drug-likeness (QED) is 0.566. The molecule has 24 heavy (non-hydrogen) atoms. The summed E-state index contributed by atoms with van der Waals surface area (Å²) in [5.74, 6) is 0.733. The van der Waals surface area contributed by atoms with E-state index in [-0.39, 0.29) is 18.6 Å². The lowest BCUT2D eigenvalue weighted by molar-refractivity contribution is -0.137. The Labute approximate surface area is 144 Å². The molecule has 1 aromatic carbocycles. The van der Waals surface area contributed by atoms with Gasteiger partial charge in [0.15, 0.2) is 6.61 Å². The SMILES string of the molecule is CC(C)Oc1ccccc1/C=N/OCC(=O)N(C)C1CCCCC1. The zero-order chi connectivity index (χ0) is 17.4. The van der Waals surface area contributed by atoms with Gasteiger partial charge in [-0.2, -0.15) is 0 Å². The number of ether oxygens (including phenoxy) is 1. The maximum absolute atomic E-state index is 12.2. The molecule has 0 heterocycles. The highest BCUT2D eigenvalue weighted by atomic mass is 16.6. The smallest absolute Gasteiger partial charge is 0.263 e. The minimum atomic E-state index is -0.0310. The molecule has 0 bridgehead atoms. The fourth-order valence-electron chi connectivity index (χ4n) is 2.91. The van der Waals surface area contributed by atoms with Crippen molar-refractivity contribution in [1.29, 1.82) is 0 Å².